The Bertz CT molecular complexity index is 557. The van der Waals surface area contributed by atoms with Gasteiger partial charge in [0.25, 0.3) is 0 Å². The lowest BCUT2D eigenvalue weighted by atomic mass is 10.0. The number of carbonyl (C=O) groups is 2. The number of amides is 1. The van der Waals surface area contributed by atoms with Crippen molar-refractivity contribution in [3.8, 4) is 0 Å². The van der Waals surface area contributed by atoms with Crippen molar-refractivity contribution in [3.05, 3.63) is 35.9 Å². The second-order valence-electron chi connectivity index (χ2n) is 4.72. The lowest BCUT2D eigenvalue weighted by Gasteiger charge is -2.19. The molecule has 0 bridgehead atoms. The van der Waals surface area contributed by atoms with Gasteiger partial charge in [-0.2, -0.15) is 0 Å². The van der Waals surface area contributed by atoms with Crippen LogP contribution in [0.3, 0.4) is 0 Å². The molecule has 1 aromatic rings. The number of hydrogen-bond donors (Lipinski definition) is 4. The highest BCUT2D eigenvalue weighted by atomic mass is 31.2. The van der Waals surface area contributed by atoms with E-state index in [4.69, 9.17) is 14.9 Å². The molecule has 0 aliphatic rings. The fourth-order valence-electron chi connectivity index (χ4n) is 1.76. The molecule has 8 nitrogen and oxygen atoms in total. The normalized spacial score (nSPS) is 14.0. The summed E-state index contributed by atoms with van der Waals surface area (Å²) in [4.78, 5) is 40.3. The third-order valence-electron chi connectivity index (χ3n) is 2.85. The van der Waals surface area contributed by atoms with E-state index in [1.165, 1.54) is 6.92 Å². The van der Waals surface area contributed by atoms with Gasteiger partial charge in [0, 0.05) is 12.5 Å². The molecule has 9 heteroatoms. The average molecular weight is 331 g/mol. The van der Waals surface area contributed by atoms with Gasteiger partial charge in [0.1, 0.15) is 0 Å². The molecule has 4 N–H and O–H groups in total. The van der Waals surface area contributed by atoms with Crippen molar-refractivity contribution in [2.75, 3.05) is 12.7 Å². The van der Waals surface area contributed by atoms with E-state index in [0.29, 0.717) is 5.56 Å². The minimum atomic E-state index is -4.28. The maximum Gasteiger partial charge on any atom is 0.407 e. The van der Waals surface area contributed by atoms with E-state index in [1.807, 2.05) is 0 Å². The second-order valence-corrected chi connectivity index (χ2v) is 6.42. The third kappa shape index (κ3) is 6.71. The van der Waals surface area contributed by atoms with E-state index in [2.05, 4.69) is 10.1 Å². The van der Waals surface area contributed by atoms with Gasteiger partial charge >= 0.3 is 19.7 Å². The van der Waals surface area contributed by atoms with Crippen LogP contribution in [0.2, 0.25) is 0 Å². The Hall–Kier alpha value is -1.89. The number of nitrogens with one attached hydrogen (secondary N) is 1. The average Bonchev–Trinajstić information content (AvgIpc) is 2.43. The fraction of sp³-hybridized carbons (Fsp3) is 0.385. The molecule has 2 unspecified atom stereocenters. The highest BCUT2D eigenvalue weighted by Crippen LogP contribution is 2.39. The van der Waals surface area contributed by atoms with Crippen LogP contribution in [0.4, 0.5) is 4.79 Å². The molecule has 0 aromatic heterocycles. The highest BCUT2D eigenvalue weighted by molar-refractivity contribution is 7.51. The van der Waals surface area contributed by atoms with E-state index in [9.17, 15) is 14.2 Å². The van der Waals surface area contributed by atoms with Crippen molar-refractivity contribution in [2.24, 2.45) is 0 Å². The van der Waals surface area contributed by atoms with Gasteiger partial charge < -0.3 is 24.9 Å². The maximum absolute atomic E-state index is 11.5. The standard InChI is InChI=1S/C13H18NO7P/c1-9(12(15)16)21-13(17)14-7-11(8-22(18,19)20)10-5-3-2-4-6-10/h2-6,9,11H,7-8H2,1H3,(H,14,17)(H,15,16)(H2,18,19,20). The maximum atomic E-state index is 11.5. The molecule has 0 aliphatic heterocycles. The van der Waals surface area contributed by atoms with Crippen molar-refractivity contribution in [1.29, 1.82) is 0 Å². The fourth-order valence-corrected chi connectivity index (χ4v) is 2.67. The summed E-state index contributed by atoms with van der Waals surface area (Å²) in [7, 11) is -4.28. The van der Waals surface area contributed by atoms with Gasteiger partial charge in [0.2, 0.25) is 0 Å². The molecule has 1 amide bonds. The number of rotatable bonds is 7. The Labute approximate surface area is 127 Å². The molecule has 0 spiro atoms. The number of benzene rings is 1. The molecular formula is C13H18NO7P. The topological polar surface area (TPSA) is 133 Å². The largest absolute Gasteiger partial charge is 0.479 e. The van der Waals surface area contributed by atoms with Gasteiger partial charge in [0.15, 0.2) is 6.10 Å². The monoisotopic (exact) mass is 331 g/mol. The molecule has 1 aromatic carbocycles. The van der Waals surface area contributed by atoms with Crippen molar-refractivity contribution in [2.45, 2.75) is 18.9 Å². The summed E-state index contributed by atoms with van der Waals surface area (Å²) in [6.45, 7) is 1.12. The number of carboxylic acids is 1. The molecule has 0 aliphatic carbocycles. The van der Waals surface area contributed by atoms with Crippen LogP contribution < -0.4 is 5.32 Å². The Morgan fingerprint density at radius 2 is 1.86 bits per heavy atom. The second kappa shape index (κ2) is 7.93. The number of hydrogen-bond acceptors (Lipinski definition) is 4. The van der Waals surface area contributed by atoms with E-state index in [-0.39, 0.29) is 6.54 Å². The molecule has 0 saturated carbocycles. The van der Waals surface area contributed by atoms with Crippen molar-refractivity contribution < 1.29 is 33.8 Å². The number of carboxylic acid groups (broad SMARTS) is 1. The van der Waals surface area contributed by atoms with Crippen LogP contribution in [-0.2, 0) is 14.1 Å². The highest BCUT2D eigenvalue weighted by Gasteiger charge is 2.24. The van der Waals surface area contributed by atoms with Crippen LogP contribution in [-0.4, -0.2) is 45.8 Å². The van der Waals surface area contributed by atoms with E-state index < -0.39 is 37.8 Å². The van der Waals surface area contributed by atoms with Crippen LogP contribution in [0, 0.1) is 0 Å². The van der Waals surface area contributed by atoms with Gasteiger partial charge in [-0.05, 0) is 12.5 Å². The molecule has 1 rings (SSSR count). The molecule has 2 atom stereocenters. The quantitative estimate of drug-likeness (QED) is 0.551. The SMILES string of the molecule is CC(OC(=O)NCC(CP(=O)(O)O)c1ccccc1)C(=O)O. The molecule has 0 radical (unpaired) electrons. The predicted molar refractivity (Wildman–Crippen MR) is 77.7 cm³/mol. The smallest absolute Gasteiger partial charge is 0.407 e. The molecule has 0 saturated heterocycles. The predicted octanol–water partition coefficient (Wildman–Crippen LogP) is 1.15. The Balaban J connectivity index is 2.68. The van der Waals surface area contributed by atoms with E-state index in [1.54, 1.807) is 30.3 Å². The van der Waals surface area contributed by atoms with Crippen molar-refractivity contribution in [1.82, 2.24) is 5.32 Å². The molecular weight excluding hydrogens is 313 g/mol. The summed E-state index contributed by atoms with van der Waals surface area (Å²) in [6, 6.07) is 8.56. The Morgan fingerprint density at radius 1 is 1.27 bits per heavy atom. The van der Waals surface area contributed by atoms with Crippen LogP contribution in [0.15, 0.2) is 30.3 Å². The lowest BCUT2D eigenvalue weighted by molar-refractivity contribution is -0.145. The number of aliphatic carboxylic acids is 1. The van der Waals surface area contributed by atoms with Gasteiger partial charge in [0.05, 0.1) is 6.16 Å². The minimum absolute atomic E-state index is 0.0830. The number of alkyl carbamates (subject to hydrolysis) is 1. The summed E-state index contributed by atoms with van der Waals surface area (Å²) in [6.07, 6.45) is -2.70. The van der Waals surface area contributed by atoms with Gasteiger partial charge in [-0.3, -0.25) is 4.57 Å². The first-order chi connectivity index (χ1) is 10.2. The third-order valence-corrected chi connectivity index (χ3v) is 3.77. The summed E-state index contributed by atoms with van der Waals surface area (Å²) in [5.41, 5.74) is 0.650. The van der Waals surface area contributed by atoms with E-state index in [0.717, 1.165) is 0 Å². The zero-order valence-corrected chi connectivity index (χ0v) is 12.8. The molecule has 0 heterocycles. The van der Waals surface area contributed by atoms with Gasteiger partial charge in [-0.1, -0.05) is 30.3 Å². The van der Waals surface area contributed by atoms with Crippen LogP contribution >= 0.6 is 7.60 Å². The lowest BCUT2D eigenvalue weighted by Crippen LogP contribution is -2.34. The zero-order valence-electron chi connectivity index (χ0n) is 11.9. The summed E-state index contributed by atoms with van der Waals surface area (Å²) in [5, 5.41) is 11.0. The van der Waals surface area contributed by atoms with Crippen LogP contribution in [0.5, 0.6) is 0 Å². The molecule has 122 valence electrons. The van der Waals surface area contributed by atoms with Crippen LogP contribution in [0.25, 0.3) is 0 Å². The van der Waals surface area contributed by atoms with Crippen molar-refractivity contribution in [3.63, 3.8) is 0 Å². The van der Waals surface area contributed by atoms with E-state index >= 15 is 0 Å². The number of carbonyl (C=O) groups excluding carboxylic acids is 1. The molecule has 22 heavy (non-hydrogen) atoms. The minimum Gasteiger partial charge on any atom is -0.479 e. The van der Waals surface area contributed by atoms with Crippen molar-refractivity contribution >= 4 is 19.7 Å². The zero-order chi connectivity index (χ0) is 16.8. The Morgan fingerprint density at radius 3 is 2.36 bits per heavy atom. The molecule has 0 fully saturated rings. The summed E-state index contributed by atoms with van der Waals surface area (Å²) < 4.78 is 15.8. The van der Waals surface area contributed by atoms with Gasteiger partial charge in [-0.15, -0.1) is 0 Å². The van der Waals surface area contributed by atoms with Crippen LogP contribution in [0.1, 0.15) is 18.4 Å². The first-order valence-electron chi connectivity index (χ1n) is 6.46. The van der Waals surface area contributed by atoms with Gasteiger partial charge in [-0.25, -0.2) is 9.59 Å². The summed E-state index contributed by atoms with van der Waals surface area (Å²) >= 11 is 0. The Kier molecular flexibility index (Phi) is 6.55. The summed E-state index contributed by atoms with van der Waals surface area (Å²) in [5.74, 6) is -1.90. The first kappa shape index (κ1) is 18.2. The first-order valence-corrected chi connectivity index (χ1v) is 8.25. The number of ether oxygens (including phenoxy) is 1.